The summed E-state index contributed by atoms with van der Waals surface area (Å²) in [5, 5.41) is 22.4. The van der Waals surface area contributed by atoms with Crippen LogP contribution in [0.4, 0.5) is 4.79 Å². The van der Waals surface area contributed by atoms with E-state index < -0.39 is 16.1 Å². The van der Waals surface area contributed by atoms with Crippen LogP contribution in [0.1, 0.15) is 85.5 Å². The van der Waals surface area contributed by atoms with Crippen LogP contribution in [0.3, 0.4) is 0 Å². The molecule has 1 aromatic carbocycles. The number of hydrogen-bond acceptors (Lipinski definition) is 8. The molecular weight excluding hydrogens is 570 g/mol. The molecule has 1 aliphatic heterocycles. The Morgan fingerprint density at radius 2 is 1.77 bits per heavy atom. The van der Waals surface area contributed by atoms with Crippen molar-refractivity contribution in [3.8, 4) is 11.5 Å². The van der Waals surface area contributed by atoms with Crippen LogP contribution in [-0.4, -0.2) is 50.3 Å². The zero-order valence-corrected chi connectivity index (χ0v) is 26.8. The highest BCUT2D eigenvalue weighted by Gasteiger charge is 2.64. The van der Waals surface area contributed by atoms with E-state index in [2.05, 4.69) is 27.7 Å². The van der Waals surface area contributed by atoms with E-state index in [9.17, 15) is 23.4 Å². The Kier molecular flexibility index (Phi) is 8.20. The number of ether oxygens (including phenoxy) is 3. The third kappa shape index (κ3) is 5.23. The van der Waals surface area contributed by atoms with Crippen molar-refractivity contribution in [2.45, 2.75) is 103 Å². The van der Waals surface area contributed by atoms with Crippen molar-refractivity contribution in [1.82, 2.24) is 4.72 Å². The number of hydrogen-bond donors (Lipinski definition) is 3. The average Bonchev–Trinajstić information content (AvgIpc) is 3.57. The molecule has 0 spiro atoms. The number of amides is 1. The number of rotatable bonds is 7. The third-order valence-electron chi connectivity index (χ3n) is 12.8. The van der Waals surface area contributed by atoms with Crippen molar-refractivity contribution in [3.05, 3.63) is 18.2 Å². The number of benzene rings is 1. The number of sulfonamides is 1. The molecule has 0 radical (unpaired) electrons. The molecule has 0 bridgehead atoms. The second kappa shape index (κ2) is 11.4. The van der Waals surface area contributed by atoms with Gasteiger partial charge >= 0.3 is 6.09 Å². The van der Waals surface area contributed by atoms with Crippen molar-refractivity contribution in [2.75, 3.05) is 13.4 Å². The molecule has 0 saturated heterocycles. The molecule has 6 rings (SSSR count). The van der Waals surface area contributed by atoms with Gasteiger partial charge in [0.25, 0.3) is 10.0 Å². The SMILES string of the molecule is CC[C@H]1[C@@H](O)[C@@H]2[C@H](CC[C@]3(C)[C@@H]([C@H](C)CCOC(=O)NS(=O)(=O)c4ccc5c(c4)OCO5)CC[C@@H]23)[C@@]2(C)CC[C@@H](O)C[C@@H]12. The van der Waals surface area contributed by atoms with Crippen LogP contribution in [-0.2, 0) is 14.8 Å². The van der Waals surface area contributed by atoms with Gasteiger partial charge in [0, 0.05) is 6.07 Å². The largest absolute Gasteiger partial charge is 0.454 e. The molecule has 11 atom stereocenters. The molecule has 43 heavy (non-hydrogen) atoms. The van der Waals surface area contributed by atoms with Gasteiger partial charge < -0.3 is 24.4 Å². The van der Waals surface area contributed by atoms with Crippen LogP contribution in [0.25, 0.3) is 0 Å². The second-order valence-corrected chi connectivity index (χ2v) is 16.3. The molecule has 240 valence electrons. The van der Waals surface area contributed by atoms with Gasteiger partial charge in [-0.15, -0.1) is 0 Å². The zero-order chi connectivity index (χ0) is 30.7. The summed E-state index contributed by atoms with van der Waals surface area (Å²) in [7, 11) is -4.11. The lowest BCUT2D eigenvalue weighted by Gasteiger charge is -2.64. The van der Waals surface area contributed by atoms with Crippen LogP contribution in [0.15, 0.2) is 23.1 Å². The summed E-state index contributed by atoms with van der Waals surface area (Å²) < 4.78 is 43.3. The molecule has 0 aromatic heterocycles. The lowest BCUT2D eigenvalue weighted by molar-refractivity contribution is -0.203. The number of carbonyl (C=O) groups excluding carboxylic acids is 1. The minimum absolute atomic E-state index is 0.0270. The van der Waals surface area contributed by atoms with Crippen LogP contribution in [0.2, 0.25) is 0 Å². The highest BCUT2D eigenvalue weighted by Crippen LogP contribution is 2.69. The predicted molar refractivity (Wildman–Crippen MR) is 160 cm³/mol. The Labute approximate surface area is 256 Å². The van der Waals surface area contributed by atoms with Gasteiger partial charge in [-0.3, -0.25) is 0 Å². The monoisotopic (exact) mass is 619 g/mol. The molecule has 1 amide bonds. The van der Waals surface area contributed by atoms with Crippen molar-refractivity contribution in [3.63, 3.8) is 0 Å². The molecule has 1 aromatic rings. The summed E-state index contributed by atoms with van der Waals surface area (Å²) in [5.41, 5.74) is 0.291. The van der Waals surface area contributed by atoms with Crippen LogP contribution < -0.4 is 14.2 Å². The van der Waals surface area contributed by atoms with Gasteiger partial charge in [-0.25, -0.2) is 17.9 Å². The first-order valence-electron chi connectivity index (χ1n) is 16.3. The summed E-state index contributed by atoms with van der Waals surface area (Å²) in [5.74, 6) is 3.39. The van der Waals surface area contributed by atoms with Gasteiger partial charge in [-0.05, 0) is 116 Å². The maximum absolute atomic E-state index is 12.7. The van der Waals surface area contributed by atoms with E-state index in [1.54, 1.807) is 0 Å². The number of fused-ring (bicyclic) bond motifs is 6. The van der Waals surface area contributed by atoms with Crippen LogP contribution in [0.5, 0.6) is 11.5 Å². The highest BCUT2D eigenvalue weighted by atomic mass is 32.2. The molecule has 5 aliphatic rings. The van der Waals surface area contributed by atoms with Crippen LogP contribution >= 0.6 is 0 Å². The van der Waals surface area contributed by atoms with Crippen LogP contribution in [0, 0.1) is 52.3 Å². The summed E-state index contributed by atoms with van der Waals surface area (Å²) in [6, 6.07) is 4.19. The predicted octanol–water partition coefficient (Wildman–Crippen LogP) is 5.48. The van der Waals surface area contributed by atoms with Gasteiger partial charge in [-0.1, -0.05) is 34.1 Å². The van der Waals surface area contributed by atoms with Gasteiger partial charge in [-0.2, -0.15) is 0 Å². The Hall–Kier alpha value is -2.04. The fourth-order valence-corrected chi connectivity index (χ4v) is 11.6. The van der Waals surface area contributed by atoms with E-state index >= 15 is 0 Å². The second-order valence-electron chi connectivity index (χ2n) is 14.6. The summed E-state index contributed by atoms with van der Waals surface area (Å²) in [6.07, 6.45) is 7.25. The maximum atomic E-state index is 12.7. The molecule has 4 fully saturated rings. The van der Waals surface area contributed by atoms with E-state index in [-0.39, 0.29) is 47.3 Å². The van der Waals surface area contributed by atoms with Gasteiger partial charge in [0.15, 0.2) is 11.5 Å². The number of aliphatic hydroxyl groups is 2. The quantitative estimate of drug-likeness (QED) is 0.366. The highest BCUT2D eigenvalue weighted by molar-refractivity contribution is 7.90. The summed E-state index contributed by atoms with van der Waals surface area (Å²) in [4.78, 5) is 12.4. The first kappa shape index (κ1) is 31.0. The Balaban J connectivity index is 1.07. The fraction of sp³-hybridized carbons (Fsp3) is 0.788. The molecular formula is C33H49NO8S. The molecule has 3 N–H and O–H groups in total. The van der Waals surface area contributed by atoms with Gasteiger partial charge in [0.2, 0.25) is 6.79 Å². The van der Waals surface area contributed by atoms with Gasteiger partial charge in [0.1, 0.15) is 0 Å². The normalized spacial score (nSPS) is 40.6. The first-order chi connectivity index (χ1) is 20.4. The Morgan fingerprint density at radius 1 is 1.05 bits per heavy atom. The van der Waals surface area contributed by atoms with Crippen molar-refractivity contribution in [2.24, 2.45) is 52.3 Å². The van der Waals surface area contributed by atoms with E-state index in [4.69, 9.17) is 14.2 Å². The topological polar surface area (TPSA) is 131 Å². The van der Waals surface area contributed by atoms with Gasteiger partial charge in [0.05, 0.1) is 23.7 Å². The molecule has 1 heterocycles. The minimum Gasteiger partial charge on any atom is -0.454 e. The smallest absolute Gasteiger partial charge is 0.421 e. The van der Waals surface area contributed by atoms with Crippen molar-refractivity contribution in [1.29, 1.82) is 0 Å². The van der Waals surface area contributed by atoms with Crippen molar-refractivity contribution < 1.29 is 37.6 Å². The van der Waals surface area contributed by atoms with E-state index in [0.717, 1.165) is 51.4 Å². The number of nitrogens with one attached hydrogen (secondary N) is 1. The first-order valence-corrected chi connectivity index (χ1v) is 17.8. The lowest BCUT2D eigenvalue weighted by atomic mass is 9.41. The van der Waals surface area contributed by atoms with E-state index in [1.807, 2.05) is 4.72 Å². The standard InChI is InChI=1S/C33H49NO8S/c1-5-22-26-16-20(35)10-13-33(26,4)25-11-14-32(3)23(7-8-24(32)29(25)30(22)36)19(2)12-15-40-31(37)34-43(38,39)21-6-9-27-28(17-21)42-18-41-27/h6,9,17,19-20,22-26,29-30,35-36H,5,7-8,10-16,18H2,1-4H3,(H,34,37)/t19-,20-,22-,23-,24+,25+,26+,29+,30-,32-,33-/m1/s1. The minimum atomic E-state index is -4.11. The average molecular weight is 620 g/mol. The van der Waals surface area contributed by atoms with E-state index in [0.29, 0.717) is 53.4 Å². The number of carbonyl (C=O) groups is 1. The number of aliphatic hydroxyl groups excluding tert-OH is 2. The lowest BCUT2D eigenvalue weighted by Crippen LogP contribution is -2.62. The molecule has 9 nitrogen and oxygen atoms in total. The molecule has 0 unspecified atom stereocenters. The van der Waals surface area contributed by atoms with Crippen molar-refractivity contribution >= 4 is 16.1 Å². The molecule has 4 aliphatic carbocycles. The Morgan fingerprint density at radius 3 is 2.53 bits per heavy atom. The summed E-state index contributed by atoms with van der Waals surface area (Å²) >= 11 is 0. The summed E-state index contributed by atoms with van der Waals surface area (Å²) in [6.45, 7) is 9.48. The molecule has 4 saturated carbocycles. The zero-order valence-electron chi connectivity index (χ0n) is 26.0. The molecule has 10 heteroatoms. The third-order valence-corrected chi connectivity index (χ3v) is 14.1. The Bertz CT molecular complexity index is 1320. The van der Waals surface area contributed by atoms with E-state index in [1.165, 1.54) is 18.2 Å². The fourth-order valence-electron chi connectivity index (χ4n) is 10.7. The maximum Gasteiger partial charge on any atom is 0.421 e.